The van der Waals surface area contributed by atoms with Gasteiger partial charge in [-0.25, -0.2) is 0 Å². The van der Waals surface area contributed by atoms with Gasteiger partial charge in [0.05, 0.1) is 12.2 Å². The largest absolute Gasteiger partial charge is 0.492 e. The van der Waals surface area contributed by atoms with Gasteiger partial charge in [-0.3, -0.25) is 4.79 Å². The predicted molar refractivity (Wildman–Crippen MR) is 81.6 cm³/mol. The number of hydrogen-bond donors (Lipinski definition) is 0. The van der Waals surface area contributed by atoms with Crippen molar-refractivity contribution in [2.75, 3.05) is 11.9 Å². The summed E-state index contributed by atoms with van der Waals surface area (Å²) in [5, 5.41) is 1.51. The summed E-state index contributed by atoms with van der Waals surface area (Å²) in [6, 6.07) is 5.23. The summed E-state index contributed by atoms with van der Waals surface area (Å²) in [4.78, 5) is 11.6. The minimum atomic E-state index is -0.0168. The molecule has 4 heteroatoms. The van der Waals surface area contributed by atoms with Gasteiger partial charge in [0.25, 0.3) is 0 Å². The van der Waals surface area contributed by atoms with Crippen LogP contribution in [0.2, 0.25) is 5.02 Å². The van der Waals surface area contributed by atoms with E-state index in [4.69, 9.17) is 16.3 Å². The van der Waals surface area contributed by atoms with E-state index in [-0.39, 0.29) is 11.2 Å². The molecule has 19 heavy (non-hydrogen) atoms. The van der Waals surface area contributed by atoms with Crippen LogP contribution in [-0.2, 0) is 0 Å². The zero-order valence-corrected chi connectivity index (χ0v) is 13.4. The third-order valence-electron chi connectivity index (χ3n) is 3.80. The van der Waals surface area contributed by atoms with E-state index in [9.17, 15) is 4.79 Å². The maximum Gasteiger partial charge on any atom is 0.163 e. The Balaban J connectivity index is 2.13. The molecule has 0 atom stereocenters. The molecule has 1 aliphatic rings. The Labute approximate surface area is 127 Å². The van der Waals surface area contributed by atoms with Gasteiger partial charge in [0.1, 0.15) is 5.75 Å². The van der Waals surface area contributed by atoms with Gasteiger partial charge < -0.3 is 4.74 Å². The first kappa shape index (κ1) is 14.9. The quantitative estimate of drug-likeness (QED) is 0.562. The minimum absolute atomic E-state index is 0.0168. The van der Waals surface area contributed by atoms with Gasteiger partial charge in [-0.05, 0) is 38.0 Å². The van der Waals surface area contributed by atoms with Crippen LogP contribution in [0.4, 0.5) is 0 Å². The van der Waals surface area contributed by atoms with Gasteiger partial charge in [0, 0.05) is 15.8 Å². The highest BCUT2D eigenvalue weighted by atomic mass is 79.9. The molecule has 0 spiro atoms. The van der Waals surface area contributed by atoms with Gasteiger partial charge in [0.15, 0.2) is 5.78 Å². The van der Waals surface area contributed by atoms with E-state index in [0.29, 0.717) is 22.9 Å². The molecule has 0 N–H and O–H groups in total. The number of ether oxygens (including phenoxy) is 1. The van der Waals surface area contributed by atoms with Crippen LogP contribution in [0.1, 0.15) is 43.0 Å². The minimum Gasteiger partial charge on any atom is -0.492 e. The zero-order chi connectivity index (χ0) is 13.9. The molecule has 1 aliphatic carbocycles. The van der Waals surface area contributed by atoms with E-state index in [1.54, 1.807) is 18.2 Å². The van der Waals surface area contributed by atoms with Crippen molar-refractivity contribution < 1.29 is 9.53 Å². The Morgan fingerprint density at radius 2 is 2.11 bits per heavy atom. The van der Waals surface area contributed by atoms with E-state index in [0.717, 1.165) is 5.33 Å². The molecule has 0 bridgehead atoms. The molecule has 0 radical (unpaired) electrons. The number of Topliss-reactive ketones (excluding diaryl/α,β-unsaturated/α-hetero) is 1. The molecular formula is C15H18BrClO2. The molecule has 1 saturated carbocycles. The molecule has 2 nitrogen and oxygen atoms in total. The van der Waals surface area contributed by atoms with E-state index in [1.807, 2.05) is 0 Å². The van der Waals surface area contributed by atoms with Crippen molar-refractivity contribution in [1.82, 2.24) is 0 Å². The number of carbonyl (C=O) groups excluding carboxylic acids is 1. The highest BCUT2D eigenvalue weighted by Gasteiger charge is 2.33. The molecule has 0 aliphatic heterocycles. The summed E-state index contributed by atoms with van der Waals surface area (Å²) in [6.07, 6.45) is 4.88. The lowest BCUT2D eigenvalue weighted by molar-refractivity contribution is 0.100. The monoisotopic (exact) mass is 344 g/mol. The number of halogens is 2. The van der Waals surface area contributed by atoms with Gasteiger partial charge in [-0.15, -0.1) is 0 Å². The van der Waals surface area contributed by atoms with Crippen LogP contribution in [0.15, 0.2) is 18.2 Å². The summed E-state index contributed by atoms with van der Waals surface area (Å²) in [5.74, 6) is 0.626. The van der Waals surface area contributed by atoms with Gasteiger partial charge in [-0.2, -0.15) is 0 Å². The number of alkyl halides is 1. The number of carbonyl (C=O) groups is 1. The first-order valence-corrected chi connectivity index (χ1v) is 8.05. The topological polar surface area (TPSA) is 26.3 Å². The predicted octanol–water partition coefficient (Wildman–Crippen LogP) is 4.88. The Kier molecular flexibility index (Phi) is 4.91. The second-order valence-corrected chi connectivity index (χ2v) is 6.32. The Hall–Kier alpha value is -0.540. The zero-order valence-electron chi connectivity index (χ0n) is 11.0. The van der Waals surface area contributed by atoms with E-state index < -0.39 is 0 Å². The van der Waals surface area contributed by atoms with E-state index in [2.05, 4.69) is 15.9 Å². The van der Waals surface area contributed by atoms with Crippen molar-refractivity contribution in [3.05, 3.63) is 28.8 Å². The second kappa shape index (κ2) is 6.27. The summed E-state index contributed by atoms with van der Waals surface area (Å²) >= 11 is 9.53. The SMILES string of the molecule is CC(=O)c1cc(Cl)ccc1OCC1(CBr)CCCC1. The molecule has 0 saturated heterocycles. The number of ketones is 1. The molecule has 1 fully saturated rings. The summed E-state index contributed by atoms with van der Waals surface area (Å²) in [7, 11) is 0. The molecule has 0 amide bonds. The molecule has 1 aromatic rings. The molecule has 0 heterocycles. The summed E-state index contributed by atoms with van der Waals surface area (Å²) in [5.41, 5.74) is 0.781. The van der Waals surface area contributed by atoms with E-state index >= 15 is 0 Å². The maximum absolute atomic E-state index is 11.6. The molecule has 0 aromatic heterocycles. The van der Waals surface area contributed by atoms with Gasteiger partial charge >= 0.3 is 0 Å². The van der Waals surface area contributed by atoms with Crippen molar-refractivity contribution in [3.8, 4) is 5.75 Å². The first-order valence-electron chi connectivity index (χ1n) is 6.56. The van der Waals surface area contributed by atoms with Gasteiger partial charge in [0.2, 0.25) is 0 Å². The molecule has 104 valence electrons. The Morgan fingerprint density at radius 3 is 2.68 bits per heavy atom. The number of hydrogen-bond acceptors (Lipinski definition) is 2. The Bertz CT molecular complexity index is 467. The van der Waals surface area contributed by atoms with Crippen molar-refractivity contribution in [3.63, 3.8) is 0 Å². The van der Waals surface area contributed by atoms with Crippen molar-refractivity contribution in [2.45, 2.75) is 32.6 Å². The fourth-order valence-corrected chi connectivity index (χ4v) is 3.47. The summed E-state index contributed by atoms with van der Waals surface area (Å²) < 4.78 is 5.92. The fourth-order valence-electron chi connectivity index (χ4n) is 2.58. The highest BCUT2D eigenvalue weighted by Crippen LogP contribution is 2.40. The highest BCUT2D eigenvalue weighted by molar-refractivity contribution is 9.09. The lowest BCUT2D eigenvalue weighted by Crippen LogP contribution is -2.27. The van der Waals surface area contributed by atoms with Crippen molar-refractivity contribution >= 4 is 33.3 Å². The summed E-state index contributed by atoms with van der Waals surface area (Å²) in [6.45, 7) is 2.19. The maximum atomic E-state index is 11.6. The standard InChI is InChI=1S/C15H18BrClO2/c1-11(18)13-8-12(17)4-5-14(13)19-10-15(9-16)6-2-3-7-15/h4-5,8H,2-3,6-7,9-10H2,1H3. The van der Waals surface area contributed by atoms with Crippen LogP contribution < -0.4 is 4.74 Å². The average Bonchev–Trinajstić information content (AvgIpc) is 2.86. The van der Waals surface area contributed by atoms with Crippen molar-refractivity contribution in [1.29, 1.82) is 0 Å². The average molecular weight is 346 g/mol. The van der Waals surface area contributed by atoms with Crippen LogP contribution in [-0.4, -0.2) is 17.7 Å². The van der Waals surface area contributed by atoms with Crippen molar-refractivity contribution in [2.24, 2.45) is 5.41 Å². The van der Waals surface area contributed by atoms with Crippen LogP contribution in [0.3, 0.4) is 0 Å². The van der Waals surface area contributed by atoms with Crippen LogP contribution in [0.5, 0.6) is 5.75 Å². The van der Waals surface area contributed by atoms with Gasteiger partial charge in [-0.1, -0.05) is 40.4 Å². The second-order valence-electron chi connectivity index (χ2n) is 5.33. The van der Waals surface area contributed by atoms with E-state index in [1.165, 1.54) is 32.6 Å². The third kappa shape index (κ3) is 3.51. The first-order chi connectivity index (χ1) is 9.06. The molecule has 0 unspecified atom stereocenters. The normalized spacial score (nSPS) is 17.4. The molecular weight excluding hydrogens is 328 g/mol. The smallest absolute Gasteiger partial charge is 0.163 e. The fraction of sp³-hybridized carbons (Fsp3) is 0.533. The lowest BCUT2D eigenvalue weighted by atomic mass is 9.90. The lowest BCUT2D eigenvalue weighted by Gasteiger charge is -2.26. The number of benzene rings is 1. The van der Waals surface area contributed by atoms with Crippen LogP contribution >= 0.6 is 27.5 Å². The molecule has 2 rings (SSSR count). The third-order valence-corrected chi connectivity index (χ3v) is 5.23. The van der Waals surface area contributed by atoms with Crippen LogP contribution in [0, 0.1) is 5.41 Å². The molecule has 1 aromatic carbocycles. The van der Waals surface area contributed by atoms with Crippen LogP contribution in [0.25, 0.3) is 0 Å². The number of rotatable bonds is 5. The Morgan fingerprint density at radius 1 is 1.42 bits per heavy atom.